The zero-order chi connectivity index (χ0) is 33.9. The Balaban J connectivity index is 1.34. The summed E-state index contributed by atoms with van der Waals surface area (Å²) in [4.78, 5) is 68.6. The van der Waals surface area contributed by atoms with Gasteiger partial charge in [0, 0.05) is 31.5 Å². The van der Waals surface area contributed by atoms with Crippen LogP contribution in [0.5, 0.6) is 0 Å². The van der Waals surface area contributed by atoms with Crippen LogP contribution in [0.2, 0.25) is 0 Å². The summed E-state index contributed by atoms with van der Waals surface area (Å²) in [5, 5.41) is 15.4. The number of nitrogens with zero attached hydrogens (tertiary/aromatic N) is 1. The topological polar surface area (TPSA) is 149 Å². The Kier molecular flexibility index (Phi) is 11.2. The van der Waals surface area contributed by atoms with Crippen LogP contribution in [-0.2, 0) is 30.4 Å². The molecule has 1 saturated carbocycles. The van der Waals surface area contributed by atoms with E-state index < -0.39 is 29.5 Å². The molecule has 1 aromatic rings. The smallest absolute Gasteiger partial charge is 0.246 e. The fourth-order valence-corrected chi connectivity index (χ4v) is 9.57. The zero-order valence-electron chi connectivity index (χ0n) is 28.4. The Morgan fingerprint density at radius 1 is 0.936 bits per heavy atom. The van der Waals surface area contributed by atoms with Crippen molar-refractivity contribution in [3.05, 3.63) is 35.4 Å². The Hall–Kier alpha value is -3.12. The molecule has 0 bridgehead atoms. The van der Waals surface area contributed by atoms with Gasteiger partial charge in [0.05, 0.1) is 17.3 Å². The van der Waals surface area contributed by atoms with Crippen molar-refractivity contribution in [2.75, 3.05) is 19.3 Å². The molecule has 5 amide bonds. The van der Waals surface area contributed by atoms with Crippen LogP contribution in [0.1, 0.15) is 89.8 Å². The van der Waals surface area contributed by atoms with Gasteiger partial charge in [-0.25, -0.2) is 0 Å². The van der Waals surface area contributed by atoms with Gasteiger partial charge < -0.3 is 31.5 Å². The van der Waals surface area contributed by atoms with Gasteiger partial charge in [-0.15, -0.1) is 11.8 Å². The summed E-state index contributed by atoms with van der Waals surface area (Å²) < 4.78 is 0. The molecule has 47 heavy (non-hydrogen) atoms. The van der Waals surface area contributed by atoms with Crippen molar-refractivity contribution >= 4 is 41.3 Å². The second kappa shape index (κ2) is 15.0. The lowest BCUT2D eigenvalue weighted by molar-refractivity contribution is -0.144. The van der Waals surface area contributed by atoms with Crippen LogP contribution in [-0.4, -0.2) is 83.3 Å². The summed E-state index contributed by atoms with van der Waals surface area (Å²) in [7, 11) is 1.79. The molecule has 0 unspecified atom stereocenters. The fraction of sp³-hybridized carbons (Fsp3) is 0.686. The van der Waals surface area contributed by atoms with Crippen molar-refractivity contribution in [1.82, 2.24) is 31.5 Å². The number of amides is 5. The molecule has 4 aliphatic rings. The van der Waals surface area contributed by atoms with E-state index in [0.717, 1.165) is 43.2 Å². The molecule has 0 radical (unpaired) electrons. The Morgan fingerprint density at radius 3 is 2.30 bits per heavy atom. The minimum Gasteiger partial charge on any atom is -0.354 e. The maximum atomic E-state index is 14.5. The first-order chi connectivity index (χ1) is 22.4. The average Bonchev–Trinajstić information content (AvgIpc) is 3.22. The molecule has 258 valence electrons. The molecule has 3 fully saturated rings. The van der Waals surface area contributed by atoms with E-state index in [1.165, 1.54) is 6.92 Å². The second-order valence-corrected chi connectivity index (χ2v) is 15.8. The molecule has 5 N–H and O–H groups in total. The van der Waals surface area contributed by atoms with Gasteiger partial charge >= 0.3 is 0 Å². The number of thioether (sulfide) groups is 1. The highest BCUT2D eigenvalue weighted by Gasteiger charge is 2.55. The van der Waals surface area contributed by atoms with E-state index >= 15 is 0 Å². The predicted molar refractivity (Wildman–Crippen MR) is 182 cm³/mol. The number of benzene rings is 1. The van der Waals surface area contributed by atoms with Crippen molar-refractivity contribution < 1.29 is 24.0 Å². The number of aryl methyl sites for hydroxylation is 1. The minimum absolute atomic E-state index is 0.0188. The number of fused-ring (bicyclic) bond motifs is 2. The fourth-order valence-electron chi connectivity index (χ4n) is 8.00. The first kappa shape index (κ1) is 35.2. The van der Waals surface area contributed by atoms with Crippen LogP contribution in [0.25, 0.3) is 0 Å². The van der Waals surface area contributed by atoms with Crippen molar-refractivity contribution in [1.29, 1.82) is 0 Å². The van der Waals surface area contributed by atoms with Gasteiger partial charge in [0.25, 0.3) is 0 Å². The molecular weight excluding hydrogens is 616 g/mol. The number of hydrogen-bond acceptors (Lipinski definition) is 7. The highest BCUT2D eigenvalue weighted by Crippen LogP contribution is 2.47. The quantitative estimate of drug-likeness (QED) is 0.272. The minimum atomic E-state index is -0.749. The third-order valence-electron chi connectivity index (χ3n) is 10.5. The number of rotatable bonds is 9. The molecule has 2 aliphatic carbocycles. The Morgan fingerprint density at radius 2 is 1.62 bits per heavy atom. The number of carbonyl (C=O) groups excluding carboxylic acids is 5. The molecule has 2 aliphatic heterocycles. The standard InChI is InChI=1S/C35H52N6O5S/c1-20(19-36-5)31(43)39-27-16-17-47-28-18-35(3,4)30(41(28)34(27)46)33(45)40-29-25-9-7-6-8-22(25)10-15-26(29)32(44)38-24-13-11-23(12-14-24)37-21(2)42/h6-9,20,23-24,26-30,36H,10-19H2,1-5H3,(H,37,42)(H,38,44)(H,39,43)(H,40,45)/t20-,23?,24?,26-,27+,28-,29+,30-/m1/s1. The maximum Gasteiger partial charge on any atom is 0.246 e. The van der Waals surface area contributed by atoms with Crippen LogP contribution in [0.3, 0.4) is 0 Å². The van der Waals surface area contributed by atoms with E-state index in [-0.39, 0.29) is 52.9 Å². The number of carbonyl (C=O) groups is 5. The van der Waals surface area contributed by atoms with Gasteiger partial charge in [-0.1, -0.05) is 45.0 Å². The molecule has 6 atom stereocenters. The first-order valence-corrected chi connectivity index (χ1v) is 18.3. The SMILES string of the molecule is CNC[C@@H](C)C(=O)N[C@H]1CCS[C@@H]2CC(C)(C)[C@@H](C(=O)N[C@H]3c4ccccc4CC[C@H]3C(=O)NC3CCC(NC(C)=O)CC3)N2C1=O. The lowest BCUT2D eigenvalue weighted by atomic mass is 9.78. The van der Waals surface area contributed by atoms with Crippen molar-refractivity contribution in [3.63, 3.8) is 0 Å². The molecule has 12 heteroatoms. The summed E-state index contributed by atoms with van der Waals surface area (Å²) in [5.74, 6) is -0.830. The lowest BCUT2D eigenvalue weighted by Gasteiger charge is -2.38. The van der Waals surface area contributed by atoms with E-state index in [4.69, 9.17) is 0 Å². The summed E-state index contributed by atoms with van der Waals surface area (Å²) in [5.41, 5.74) is 1.54. The normalized spacial score (nSPS) is 30.6. The van der Waals surface area contributed by atoms with E-state index in [9.17, 15) is 24.0 Å². The Bertz CT molecular complexity index is 1350. The van der Waals surface area contributed by atoms with E-state index in [1.54, 1.807) is 23.7 Å². The maximum absolute atomic E-state index is 14.5. The van der Waals surface area contributed by atoms with Crippen molar-refractivity contribution in [3.8, 4) is 0 Å². The lowest BCUT2D eigenvalue weighted by Crippen LogP contribution is -2.58. The van der Waals surface area contributed by atoms with Crippen molar-refractivity contribution in [2.24, 2.45) is 17.3 Å². The third-order valence-corrected chi connectivity index (χ3v) is 11.7. The van der Waals surface area contributed by atoms with Crippen LogP contribution in [0, 0.1) is 17.3 Å². The molecule has 1 aromatic carbocycles. The van der Waals surface area contributed by atoms with Gasteiger partial charge in [-0.05, 0) is 80.7 Å². The van der Waals surface area contributed by atoms with E-state index in [1.807, 2.05) is 39.0 Å². The molecule has 2 saturated heterocycles. The largest absolute Gasteiger partial charge is 0.354 e. The monoisotopic (exact) mass is 668 g/mol. The van der Waals surface area contributed by atoms with Gasteiger partial charge in [-0.2, -0.15) is 0 Å². The van der Waals surface area contributed by atoms with Crippen LogP contribution < -0.4 is 26.6 Å². The highest BCUT2D eigenvalue weighted by molar-refractivity contribution is 7.99. The number of nitrogens with one attached hydrogen (secondary N) is 5. The van der Waals surface area contributed by atoms with Gasteiger partial charge in [0.1, 0.15) is 12.1 Å². The second-order valence-electron chi connectivity index (χ2n) is 14.6. The van der Waals surface area contributed by atoms with E-state index in [2.05, 4.69) is 32.7 Å². The van der Waals surface area contributed by atoms with Gasteiger partial charge in [0.15, 0.2) is 0 Å². The molecule has 11 nitrogen and oxygen atoms in total. The van der Waals surface area contributed by atoms with E-state index in [0.29, 0.717) is 31.6 Å². The molecular formula is C35H52N6O5S. The Labute approximate surface area is 282 Å². The predicted octanol–water partition coefficient (Wildman–Crippen LogP) is 2.40. The summed E-state index contributed by atoms with van der Waals surface area (Å²) in [6, 6.07) is 6.14. The third kappa shape index (κ3) is 7.96. The molecule has 0 spiro atoms. The summed E-state index contributed by atoms with van der Waals surface area (Å²) in [6.07, 6.45) is 5.70. The molecule has 2 heterocycles. The van der Waals surface area contributed by atoms with Gasteiger partial charge in [0.2, 0.25) is 29.5 Å². The summed E-state index contributed by atoms with van der Waals surface area (Å²) in [6.45, 7) is 7.91. The first-order valence-electron chi connectivity index (χ1n) is 17.2. The highest BCUT2D eigenvalue weighted by atomic mass is 32.2. The summed E-state index contributed by atoms with van der Waals surface area (Å²) >= 11 is 1.67. The van der Waals surface area contributed by atoms with Crippen LogP contribution in [0.15, 0.2) is 24.3 Å². The van der Waals surface area contributed by atoms with Crippen LogP contribution in [0.4, 0.5) is 0 Å². The van der Waals surface area contributed by atoms with Crippen molar-refractivity contribution in [2.45, 2.75) is 115 Å². The van der Waals surface area contributed by atoms with Gasteiger partial charge in [-0.3, -0.25) is 24.0 Å². The van der Waals surface area contributed by atoms with Crippen LogP contribution >= 0.6 is 11.8 Å². The molecule has 5 rings (SSSR count). The molecule has 0 aromatic heterocycles. The number of hydrogen-bond donors (Lipinski definition) is 5. The average molecular weight is 669 g/mol. The zero-order valence-corrected chi connectivity index (χ0v) is 29.2.